The Balaban J connectivity index is 1.75. The van der Waals surface area contributed by atoms with Crippen LogP contribution in [0.2, 0.25) is 0 Å². The monoisotopic (exact) mass is 276 g/mol. The first-order valence-electron chi connectivity index (χ1n) is 7.85. The Bertz CT molecular complexity index is 509. The zero-order chi connectivity index (χ0) is 13.9. The molecule has 0 bridgehead atoms. The molecule has 1 aliphatic carbocycles. The summed E-state index contributed by atoms with van der Waals surface area (Å²) in [6.45, 7) is 5.08. The molecule has 1 saturated carbocycles. The van der Waals surface area contributed by atoms with Crippen molar-refractivity contribution in [1.82, 2.24) is 14.9 Å². The van der Waals surface area contributed by atoms with E-state index in [4.69, 9.17) is 0 Å². The predicted molar refractivity (Wildman–Crippen MR) is 80.3 cm³/mol. The van der Waals surface area contributed by atoms with Crippen molar-refractivity contribution < 1.29 is 0 Å². The number of aromatic nitrogens is 2. The van der Waals surface area contributed by atoms with Gasteiger partial charge in [0.05, 0.1) is 0 Å². The van der Waals surface area contributed by atoms with Gasteiger partial charge in [-0.25, -0.2) is 4.98 Å². The lowest BCUT2D eigenvalue weighted by atomic mass is 10.1. The molecule has 1 N–H and O–H groups in total. The van der Waals surface area contributed by atoms with Gasteiger partial charge in [-0.1, -0.05) is 6.92 Å². The van der Waals surface area contributed by atoms with Gasteiger partial charge in [0.1, 0.15) is 0 Å². The van der Waals surface area contributed by atoms with Crippen molar-refractivity contribution in [3.05, 3.63) is 22.7 Å². The van der Waals surface area contributed by atoms with Gasteiger partial charge >= 0.3 is 0 Å². The van der Waals surface area contributed by atoms with E-state index in [9.17, 15) is 4.79 Å². The SMILES string of the molecule is CCCNC1CCCN(c2nccn(C3CC3)c2=O)C1. The quantitative estimate of drug-likeness (QED) is 0.886. The van der Waals surface area contributed by atoms with Crippen LogP contribution < -0.4 is 15.8 Å². The average molecular weight is 276 g/mol. The zero-order valence-corrected chi connectivity index (χ0v) is 12.2. The molecule has 2 fully saturated rings. The highest BCUT2D eigenvalue weighted by Crippen LogP contribution is 2.33. The maximum atomic E-state index is 12.5. The minimum Gasteiger partial charge on any atom is -0.350 e. The number of hydrogen-bond acceptors (Lipinski definition) is 4. The summed E-state index contributed by atoms with van der Waals surface area (Å²) in [4.78, 5) is 19.0. The first-order valence-corrected chi connectivity index (χ1v) is 7.85. The van der Waals surface area contributed by atoms with Crippen LogP contribution in [-0.2, 0) is 0 Å². The Kier molecular flexibility index (Phi) is 4.05. The highest BCUT2D eigenvalue weighted by Gasteiger charge is 2.28. The van der Waals surface area contributed by atoms with Crippen LogP contribution >= 0.6 is 0 Å². The molecule has 1 atom stereocenters. The molecule has 0 radical (unpaired) electrons. The van der Waals surface area contributed by atoms with Crippen LogP contribution in [0.25, 0.3) is 0 Å². The summed E-state index contributed by atoms with van der Waals surface area (Å²) in [6, 6.07) is 0.905. The number of nitrogens with one attached hydrogen (secondary N) is 1. The zero-order valence-electron chi connectivity index (χ0n) is 12.2. The van der Waals surface area contributed by atoms with E-state index in [0.717, 1.165) is 45.3 Å². The van der Waals surface area contributed by atoms with E-state index in [2.05, 4.69) is 22.1 Å². The molecule has 2 aliphatic rings. The number of piperidine rings is 1. The van der Waals surface area contributed by atoms with Gasteiger partial charge < -0.3 is 14.8 Å². The molecule has 0 aromatic carbocycles. The van der Waals surface area contributed by atoms with Crippen LogP contribution in [0.1, 0.15) is 45.1 Å². The molecular formula is C15H24N4O. The summed E-state index contributed by atoms with van der Waals surface area (Å²) in [5.74, 6) is 0.641. The van der Waals surface area contributed by atoms with E-state index >= 15 is 0 Å². The molecule has 1 unspecified atom stereocenters. The average Bonchev–Trinajstić information content (AvgIpc) is 3.30. The lowest BCUT2D eigenvalue weighted by molar-refractivity contribution is 0.420. The first kappa shape index (κ1) is 13.6. The van der Waals surface area contributed by atoms with Crippen molar-refractivity contribution in [3.63, 3.8) is 0 Å². The van der Waals surface area contributed by atoms with E-state index in [-0.39, 0.29) is 5.56 Å². The highest BCUT2D eigenvalue weighted by molar-refractivity contribution is 5.37. The Labute approximate surface area is 120 Å². The van der Waals surface area contributed by atoms with Crippen molar-refractivity contribution in [3.8, 4) is 0 Å². The number of hydrogen-bond donors (Lipinski definition) is 1. The highest BCUT2D eigenvalue weighted by atomic mass is 16.1. The van der Waals surface area contributed by atoms with Gasteiger partial charge in [0.2, 0.25) is 0 Å². The lowest BCUT2D eigenvalue weighted by Crippen LogP contribution is -2.48. The summed E-state index contributed by atoms with van der Waals surface area (Å²) in [5.41, 5.74) is 0.0890. The normalized spacial score (nSPS) is 23.1. The minimum atomic E-state index is 0.0890. The predicted octanol–water partition coefficient (Wildman–Crippen LogP) is 1.55. The fraction of sp³-hybridized carbons (Fsp3) is 0.733. The second-order valence-electron chi connectivity index (χ2n) is 5.93. The Morgan fingerprint density at radius 1 is 1.40 bits per heavy atom. The first-order chi connectivity index (χ1) is 9.79. The third kappa shape index (κ3) is 2.87. The lowest BCUT2D eigenvalue weighted by Gasteiger charge is -2.33. The van der Waals surface area contributed by atoms with Gasteiger partial charge in [0.15, 0.2) is 5.82 Å². The topological polar surface area (TPSA) is 50.2 Å². The molecule has 110 valence electrons. The molecule has 0 spiro atoms. The van der Waals surface area contributed by atoms with Gasteiger partial charge in [-0.15, -0.1) is 0 Å². The minimum absolute atomic E-state index is 0.0890. The summed E-state index contributed by atoms with van der Waals surface area (Å²) in [7, 11) is 0. The number of nitrogens with zero attached hydrogens (tertiary/aromatic N) is 3. The third-order valence-electron chi connectivity index (χ3n) is 4.19. The van der Waals surface area contributed by atoms with Gasteiger partial charge in [0.25, 0.3) is 5.56 Å². The van der Waals surface area contributed by atoms with Crippen molar-refractivity contribution >= 4 is 5.82 Å². The maximum Gasteiger partial charge on any atom is 0.293 e. The van der Waals surface area contributed by atoms with Crippen molar-refractivity contribution in [2.45, 2.75) is 51.1 Å². The molecule has 1 aliphatic heterocycles. The molecule has 1 saturated heterocycles. The molecule has 20 heavy (non-hydrogen) atoms. The smallest absolute Gasteiger partial charge is 0.293 e. The second-order valence-corrected chi connectivity index (χ2v) is 5.93. The van der Waals surface area contributed by atoms with Crippen LogP contribution in [0.5, 0.6) is 0 Å². The van der Waals surface area contributed by atoms with Crippen LogP contribution in [0.4, 0.5) is 5.82 Å². The molecule has 2 heterocycles. The molecule has 3 rings (SSSR count). The van der Waals surface area contributed by atoms with Gasteiger partial charge in [-0.05, 0) is 38.6 Å². The summed E-state index contributed by atoms with van der Waals surface area (Å²) in [5, 5.41) is 3.56. The number of anilines is 1. The molecule has 1 aromatic heterocycles. The van der Waals surface area contributed by atoms with Crippen molar-refractivity contribution in [1.29, 1.82) is 0 Å². The standard InChI is InChI=1S/C15H24N4O/c1-2-7-16-12-4-3-9-18(11-12)14-15(20)19(10-8-17-14)13-5-6-13/h8,10,12-13,16H,2-7,9,11H2,1H3. The van der Waals surface area contributed by atoms with Gasteiger partial charge in [-0.3, -0.25) is 4.79 Å². The molecule has 0 amide bonds. The van der Waals surface area contributed by atoms with Crippen molar-refractivity contribution in [2.24, 2.45) is 0 Å². The van der Waals surface area contributed by atoms with Gasteiger partial charge in [0, 0.05) is 37.6 Å². The third-order valence-corrected chi connectivity index (χ3v) is 4.19. The van der Waals surface area contributed by atoms with Gasteiger partial charge in [-0.2, -0.15) is 0 Å². The van der Waals surface area contributed by atoms with Crippen LogP contribution in [-0.4, -0.2) is 35.2 Å². The van der Waals surface area contributed by atoms with Crippen molar-refractivity contribution in [2.75, 3.05) is 24.5 Å². The fourth-order valence-electron chi connectivity index (χ4n) is 2.96. The van der Waals surface area contributed by atoms with Crippen LogP contribution in [0, 0.1) is 0 Å². The van der Waals surface area contributed by atoms with Crippen LogP contribution in [0.3, 0.4) is 0 Å². The largest absolute Gasteiger partial charge is 0.350 e. The molecule has 5 heteroatoms. The van der Waals surface area contributed by atoms with E-state index in [0.29, 0.717) is 17.9 Å². The summed E-state index contributed by atoms with van der Waals surface area (Å²) in [6.07, 6.45) is 9.34. The Morgan fingerprint density at radius 2 is 2.25 bits per heavy atom. The van der Waals surface area contributed by atoms with E-state index < -0.39 is 0 Å². The van der Waals surface area contributed by atoms with E-state index in [1.807, 2.05) is 10.8 Å². The summed E-state index contributed by atoms with van der Waals surface area (Å²) >= 11 is 0. The van der Waals surface area contributed by atoms with Crippen LogP contribution in [0.15, 0.2) is 17.2 Å². The van der Waals surface area contributed by atoms with E-state index in [1.165, 1.54) is 6.42 Å². The molecular weight excluding hydrogens is 252 g/mol. The Morgan fingerprint density at radius 3 is 3.00 bits per heavy atom. The maximum absolute atomic E-state index is 12.5. The fourth-order valence-corrected chi connectivity index (χ4v) is 2.96. The number of rotatable bonds is 5. The second kappa shape index (κ2) is 5.95. The Hall–Kier alpha value is -1.36. The molecule has 1 aromatic rings. The summed E-state index contributed by atoms with van der Waals surface area (Å²) < 4.78 is 1.87. The molecule has 5 nitrogen and oxygen atoms in total. The van der Waals surface area contributed by atoms with E-state index in [1.54, 1.807) is 6.20 Å².